The van der Waals surface area contributed by atoms with Crippen molar-refractivity contribution in [2.24, 2.45) is 0 Å². The molecule has 4 N–H and O–H groups in total. The summed E-state index contributed by atoms with van der Waals surface area (Å²) in [5, 5.41) is 5.31. The van der Waals surface area contributed by atoms with E-state index in [1.165, 1.54) is 6.20 Å². The quantitative estimate of drug-likeness (QED) is 0.786. The van der Waals surface area contributed by atoms with Gasteiger partial charge in [-0.15, -0.1) is 0 Å². The van der Waals surface area contributed by atoms with Gasteiger partial charge in [-0.05, 0) is 23.8 Å². The SMILES string of the molecule is CNC(=O)Cc1ccccc1NC(=O)c1ccc(N)cn1. The molecule has 6 nitrogen and oxygen atoms in total. The molecule has 0 radical (unpaired) electrons. The summed E-state index contributed by atoms with van der Waals surface area (Å²) in [4.78, 5) is 27.6. The van der Waals surface area contributed by atoms with E-state index in [1.54, 1.807) is 37.4 Å². The van der Waals surface area contributed by atoms with Crippen molar-refractivity contribution in [3.05, 3.63) is 53.9 Å². The molecule has 0 spiro atoms. The Labute approximate surface area is 122 Å². The third kappa shape index (κ3) is 3.79. The van der Waals surface area contributed by atoms with Crippen LogP contribution in [0.25, 0.3) is 0 Å². The van der Waals surface area contributed by atoms with Crippen LogP contribution in [0.1, 0.15) is 16.1 Å². The van der Waals surface area contributed by atoms with Gasteiger partial charge in [-0.1, -0.05) is 18.2 Å². The number of pyridine rings is 1. The number of carbonyl (C=O) groups is 2. The van der Waals surface area contributed by atoms with Crippen molar-refractivity contribution < 1.29 is 9.59 Å². The summed E-state index contributed by atoms with van der Waals surface area (Å²) in [5.41, 5.74) is 7.61. The minimum absolute atomic E-state index is 0.123. The molecule has 0 bridgehead atoms. The van der Waals surface area contributed by atoms with Gasteiger partial charge in [0.1, 0.15) is 5.69 Å². The zero-order valence-corrected chi connectivity index (χ0v) is 11.6. The van der Waals surface area contributed by atoms with Crippen molar-refractivity contribution >= 4 is 23.2 Å². The highest BCUT2D eigenvalue weighted by Gasteiger charge is 2.11. The predicted octanol–water partition coefficient (Wildman–Crippen LogP) is 1.20. The van der Waals surface area contributed by atoms with E-state index in [-0.39, 0.29) is 23.9 Å². The number of nitrogens with two attached hydrogens (primary N) is 1. The Balaban J connectivity index is 2.17. The molecule has 2 amide bonds. The zero-order chi connectivity index (χ0) is 15.2. The first-order valence-corrected chi connectivity index (χ1v) is 6.41. The second-order valence-corrected chi connectivity index (χ2v) is 4.44. The summed E-state index contributed by atoms with van der Waals surface area (Å²) in [6, 6.07) is 10.3. The number of anilines is 2. The molecule has 6 heteroatoms. The Morgan fingerprint density at radius 2 is 1.95 bits per heavy atom. The highest BCUT2D eigenvalue weighted by molar-refractivity contribution is 6.03. The molecule has 0 aliphatic heterocycles. The van der Waals surface area contributed by atoms with Crippen LogP contribution < -0.4 is 16.4 Å². The molecule has 0 aliphatic carbocycles. The molecule has 0 aliphatic rings. The number of aromatic nitrogens is 1. The second kappa shape index (κ2) is 6.51. The van der Waals surface area contributed by atoms with Gasteiger partial charge in [0, 0.05) is 12.7 Å². The van der Waals surface area contributed by atoms with E-state index in [4.69, 9.17) is 5.73 Å². The third-order valence-corrected chi connectivity index (χ3v) is 2.91. The van der Waals surface area contributed by atoms with Gasteiger partial charge >= 0.3 is 0 Å². The van der Waals surface area contributed by atoms with Crippen LogP contribution in [0, 0.1) is 0 Å². The van der Waals surface area contributed by atoms with E-state index in [9.17, 15) is 9.59 Å². The lowest BCUT2D eigenvalue weighted by Gasteiger charge is -2.10. The summed E-state index contributed by atoms with van der Waals surface area (Å²) in [7, 11) is 1.57. The Morgan fingerprint density at radius 3 is 2.62 bits per heavy atom. The number of likely N-dealkylation sites (N-methyl/N-ethyl adjacent to an activating group) is 1. The van der Waals surface area contributed by atoms with Crippen LogP contribution in [0.4, 0.5) is 11.4 Å². The van der Waals surface area contributed by atoms with Crippen molar-refractivity contribution in [1.82, 2.24) is 10.3 Å². The minimum Gasteiger partial charge on any atom is -0.397 e. The Hall–Kier alpha value is -2.89. The van der Waals surface area contributed by atoms with Crippen LogP contribution in [0.15, 0.2) is 42.6 Å². The fourth-order valence-electron chi connectivity index (χ4n) is 1.78. The Morgan fingerprint density at radius 1 is 1.19 bits per heavy atom. The number of rotatable bonds is 4. The molecule has 1 aromatic carbocycles. The summed E-state index contributed by atoms with van der Waals surface area (Å²) in [6.45, 7) is 0. The number of nitrogen functional groups attached to an aromatic ring is 1. The van der Waals surface area contributed by atoms with Gasteiger partial charge < -0.3 is 16.4 Å². The van der Waals surface area contributed by atoms with Gasteiger partial charge in [-0.2, -0.15) is 0 Å². The number of hydrogen-bond donors (Lipinski definition) is 3. The molecule has 1 aromatic heterocycles. The number of benzene rings is 1. The van der Waals surface area contributed by atoms with E-state index < -0.39 is 0 Å². The fraction of sp³-hybridized carbons (Fsp3) is 0.133. The van der Waals surface area contributed by atoms with Gasteiger partial charge in [0.2, 0.25) is 5.91 Å². The van der Waals surface area contributed by atoms with Crippen LogP contribution in [-0.2, 0) is 11.2 Å². The molecular formula is C15H16N4O2. The van der Waals surface area contributed by atoms with Crippen molar-refractivity contribution in [3.63, 3.8) is 0 Å². The number of amides is 2. The monoisotopic (exact) mass is 284 g/mol. The van der Waals surface area contributed by atoms with Gasteiger partial charge in [0.15, 0.2) is 0 Å². The molecule has 2 aromatic rings. The Kier molecular flexibility index (Phi) is 4.50. The van der Waals surface area contributed by atoms with E-state index in [1.807, 2.05) is 6.07 Å². The van der Waals surface area contributed by atoms with Gasteiger partial charge in [0.05, 0.1) is 18.3 Å². The average Bonchev–Trinajstić information content (AvgIpc) is 2.49. The first kappa shape index (κ1) is 14.5. The molecule has 0 unspecified atom stereocenters. The standard InChI is InChI=1S/C15H16N4O2/c1-17-14(20)8-10-4-2-3-5-12(10)19-15(21)13-7-6-11(16)9-18-13/h2-7,9H,8,16H2,1H3,(H,17,20)(H,19,21). The smallest absolute Gasteiger partial charge is 0.274 e. The van der Waals surface area contributed by atoms with Gasteiger partial charge in [0.25, 0.3) is 5.91 Å². The third-order valence-electron chi connectivity index (χ3n) is 2.91. The number of para-hydroxylation sites is 1. The summed E-state index contributed by atoms with van der Waals surface area (Å²) in [6.07, 6.45) is 1.62. The van der Waals surface area contributed by atoms with Crippen molar-refractivity contribution in [3.8, 4) is 0 Å². The van der Waals surface area contributed by atoms with Crippen LogP contribution in [0.5, 0.6) is 0 Å². The van der Waals surface area contributed by atoms with E-state index in [0.29, 0.717) is 11.4 Å². The average molecular weight is 284 g/mol. The molecule has 108 valence electrons. The lowest BCUT2D eigenvalue weighted by Crippen LogP contribution is -2.21. The highest BCUT2D eigenvalue weighted by Crippen LogP contribution is 2.16. The fourth-order valence-corrected chi connectivity index (χ4v) is 1.78. The predicted molar refractivity (Wildman–Crippen MR) is 80.8 cm³/mol. The van der Waals surface area contributed by atoms with Crippen LogP contribution >= 0.6 is 0 Å². The zero-order valence-electron chi connectivity index (χ0n) is 11.6. The largest absolute Gasteiger partial charge is 0.397 e. The molecule has 0 saturated heterocycles. The molecular weight excluding hydrogens is 268 g/mol. The van der Waals surface area contributed by atoms with Crippen LogP contribution in [0.2, 0.25) is 0 Å². The van der Waals surface area contributed by atoms with Crippen LogP contribution in [-0.4, -0.2) is 23.8 Å². The van der Waals surface area contributed by atoms with E-state index in [0.717, 1.165) is 5.56 Å². The second-order valence-electron chi connectivity index (χ2n) is 4.44. The molecule has 0 saturated carbocycles. The van der Waals surface area contributed by atoms with Gasteiger partial charge in [-0.25, -0.2) is 4.98 Å². The summed E-state index contributed by atoms with van der Waals surface area (Å²) in [5.74, 6) is -0.471. The first-order chi connectivity index (χ1) is 10.1. The maximum Gasteiger partial charge on any atom is 0.274 e. The molecule has 0 fully saturated rings. The lowest BCUT2D eigenvalue weighted by molar-refractivity contribution is -0.119. The van der Waals surface area contributed by atoms with Gasteiger partial charge in [-0.3, -0.25) is 9.59 Å². The van der Waals surface area contributed by atoms with E-state index in [2.05, 4.69) is 15.6 Å². The normalized spacial score (nSPS) is 9.95. The number of nitrogens with one attached hydrogen (secondary N) is 2. The number of hydrogen-bond acceptors (Lipinski definition) is 4. The first-order valence-electron chi connectivity index (χ1n) is 6.41. The maximum absolute atomic E-state index is 12.1. The summed E-state index contributed by atoms with van der Waals surface area (Å²) >= 11 is 0. The number of carbonyl (C=O) groups excluding carboxylic acids is 2. The van der Waals surface area contributed by atoms with Crippen molar-refractivity contribution in [2.45, 2.75) is 6.42 Å². The molecule has 0 atom stereocenters. The lowest BCUT2D eigenvalue weighted by atomic mass is 10.1. The molecule has 21 heavy (non-hydrogen) atoms. The molecule has 2 rings (SSSR count). The van der Waals surface area contributed by atoms with E-state index >= 15 is 0 Å². The van der Waals surface area contributed by atoms with Crippen molar-refractivity contribution in [1.29, 1.82) is 0 Å². The number of nitrogens with zero attached hydrogens (tertiary/aromatic N) is 1. The summed E-state index contributed by atoms with van der Waals surface area (Å²) < 4.78 is 0. The maximum atomic E-state index is 12.1. The minimum atomic E-state index is -0.348. The highest BCUT2D eigenvalue weighted by atomic mass is 16.2. The van der Waals surface area contributed by atoms with Crippen molar-refractivity contribution in [2.75, 3.05) is 18.1 Å². The molecule has 1 heterocycles. The Bertz CT molecular complexity index is 653. The van der Waals surface area contributed by atoms with Crippen LogP contribution in [0.3, 0.4) is 0 Å². The topological polar surface area (TPSA) is 97.1 Å².